The molecule has 1 N–H and O–H groups in total. The Morgan fingerprint density at radius 1 is 1.16 bits per heavy atom. The molecule has 4 rings (SSSR count). The van der Waals surface area contributed by atoms with Gasteiger partial charge in [0, 0.05) is 18.3 Å². The lowest BCUT2D eigenvalue weighted by Gasteiger charge is -2.62. The average molecular weight is 431 g/mol. The zero-order valence-corrected chi connectivity index (χ0v) is 19.9. The SMILES string of the molecule is C=CC1C(=O)[C@@H]2[C@H](CC[C@]3(C)[C@@H]([C@H](C)CCC(=O)OC)CC[C@@H]23)[C@@]2(C)CC[C@@H](O)C[C@@H]12. The monoisotopic (exact) mass is 430 g/mol. The Morgan fingerprint density at radius 2 is 1.84 bits per heavy atom. The minimum absolute atomic E-state index is 0.112. The first kappa shape index (κ1) is 23.0. The van der Waals surface area contributed by atoms with Crippen LogP contribution < -0.4 is 0 Å². The van der Waals surface area contributed by atoms with Gasteiger partial charge in [-0.2, -0.15) is 0 Å². The predicted octanol–water partition coefficient (Wildman–Crippen LogP) is 5.19. The van der Waals surface area contributed by atoms with E-state index in [0.717, 1.165) is 44.9 Å². The van der Waals surface area contributed by atoms with Crippen molar-refractivity contribution in [1.29, 1.82) is 0 Å². The van der Waals surface area contributed by atoms with Crippen LogP contribution in [0.2, 0.25) is 0 Å². The number of rotatable bonds is 5. The number of Topliss-reactive ketones (excluding diaryl/α,β-unsaturated/α-hetero) is 1. The van der Waals surface area contributed by atoms with Gasteiger partial charge in [0.15, 0.2) is 0 Å². The molecule has 0 aromatic carbocycles. The highest BCUT2D eigenvalue weighted by molar-refractivity contribution is 5.87. The third-order valence-electron chi connectivity index (χ3n) is 10.6. The second-order valence-corrected chi connectivity index (χ2v) is 11.8. The molecule has 4 nitrogen and oxygen atoms in total. The van der Waals surface area contributed by atoms with Gasteiger partial charge in [0.25, 0.3) is 0 Å². The number of hydrogen-bond donors (Lipinski definition) is 1. The van der Waals surface area contributed by atoms with E-state index in [9.17, 15) is 14.7 Å². The molecule has 0 heterocycles. The number of hydrogen-bond acceptors (Lipinski definition) is 4. The molecule has 0 bridgehead atoms. The Balaban J connectivity index is 1.60. The fraction of sp³-hybridized carbons (Fsp3) is 0.852. The molecular weight excluding hydrogens is 388 g/mol. The summed E-state index contributed by atoms with van der Waals surface area (Å²) >= 11 is 0. The number of carbonyl (C=O) groups is 2. The van der Waals surface area contributed by atoms with E-state index in [4.69, 9.17) is 4.74 Å². The van der Waals surface area contributed by atoms with Crippen molar-refractivity contribution in [3.63, 3.8) is 0 Å². The van der Waals surface area contributed by atoms with Gasteiger partial charge in [0.2, 0.25) is 0 Å². The Bertz CT molecular complexity index is 731. The Morgan fingerprint density at radius 3 is 2.52 bits per heavy atom. The first-order valence-corrected chi connectivity index (χ1v) is 12.6. The molecule has 0 aromatic heterocycles. The second kappa shape index (κ2) is 8.32. The minimum atomic E-state index is -0.273. The number of esters is 1. The fourth-order valence-electron chi connectivity index (χ4n) is 8.96. The van der Waals surface area contributed by atoms with Crippen LogP contribution in [0.4, 0.5) is 0 Å². The van der Waals surface area contributed by atoms with Crippen molar-refractivity contribution in [2.24, 2.45) is 52.3 Å². The average Bonchev–Trinajstić information content (AvgIpc) is 3.10. The maximum Gasteiger partial charge on any atom is 0.305 e. The number of aliphatic hydroxyl groups excluding tert-OH is 1. The smallest absolute Gasteiger partial charge is 0.305 e. The van der Waals surface area contributed by atoms with Gasteiger partial charge in [-0.15, -0.1) is 6.58 Å². The summed E-state index contributed by atoms with van der Waals surface area (Å²) in [6, 6.07) is 0. The largest absolute Gasteiger partial charge is 0.469 e. The highest BCUT2D eigenvalue weighted by atomic mass is 16.5. The molecule has 10 atom stereocenters. The van der Waals surface area contributed by atoms with Gasteiger partial charge in [0.1, 0.15) is 5.78 Å². The summed E-state index contributed by atoms with van der Waals surface area (Å²) in [5.74, 6) is 2.47. The van der Waals surface area contributed by atoms with Crippen LogP contribution in [0.5, 0.6) is 0 Å². The lowest BCUT2D eigenvalue weighted by atomic mass is 9.42. The molecule has 4 aliphatic carbocycles. The third-order valence-corrected chi connectivity index (χ3v) is 10.6. The van der Waals surface area contributed by atoms with Crippen molar-refractivity contribution in [3.05, 3.63) is 12.7 Å². The summed E-state index contributed by atoms with van der Waals surface area (Å²) in [6.45, 7) is 11.2. The van der Waals surface area contributed by atoms with Gasteiger partial charge in [-0.1, -0.05) is 26.8 Å². The van der Waals surface area contributed by atoms with Crippen LogP contribution in [-0.4, -0.2) is 30.1 Å². The summed E-state index contributed by atoms with van der Waals surface area (Å²) in [6.07, 6.45) is 10.2. The van der Waals surface area contributed by atoms with E-state index >= 15 is 0 Å². The van der Waals surface area contributed by atoms with Crippen LogP contribution in [0.15, 0.2) is 12.7 Å². The predicted molar refractivity (Wildman–Crippen MR) is 121 cm³/mol. The molecule has 0 amide bonds. The lowest BCUT2D eigenvalue weighted by molar-refractivity contribution is -0.168. The first-order chi connectivity index (χ1) is 14.7. The van der Waals surface area contributed by atoms with Crippen LogP contribution in [0.25, 0.3) is 0 Å². The number of ketones is 1. The van der Waals surface area contributed by atoms with Crippen LogP contribution in [0.3, 0.4) is 0 Å². The van der Waals surface area contributed by atoms with E-state index in [2.05, 4.69) is 27.4 Å². The molecule has 0 radical (unpaired) electrons. The van der Waals surface area contributed by atoms with Crippen molar-refractivity contribution in [2.45, 2.75) is 84.7 Å². The second-order valence-electron chi connectivity index (χ2n) is 11.8. The molecule has 0 saturated heterocycles. The van der Waals surface area contributed by atoms with E-state index in [1.54, 1.807) is 0 Å². The molecule has 4 heteroatoms. The molecule has 0 spiro atoms. The van der Waals surface area contributed by atoms with Gasteiger partial charge in [0.05, 0.1) is 13.2 Å². The molecule has 1 unspecified atom stereocenters. The molecule has 4 fully saturated rings. The van der Waals surface area contributed by atoms with Crippen molar-refractivity contribution in [2.75, 3.05) is 7.11 Å². The third kappa shape index (κ3) is 3.52. The Hall–Kier alpha value is -1.16. The summed E-state index contributed by atoms with van der Waals surface area (Å²) in [4.78, 5) is 25.6. The van der Waals surface area contributed by atoms with Gasteiger partial charge in [-0.3, -0.25) is 9.59 Å². The number of allylic oxidation sites excluding steroid dienone is 1. The normalized spacial score (nSPS) is 47.6. The molecule has 31 heavy (non-hydrogen) atoms. The first-order valence-electron chi connectivity index (χ1n) is 12.6. The maximum atomic E-state index is 13.9. The number of methoxy groups -OCH3 is 1. The number of carbonyl (C=O) groups excluding carboxylic acids is 2. The molecule has 0 aliphatic heterocycles. The zero-order chi connectivity index (χ0) is 22.6. The fourth-order valence-corrected chi connectivity index (χ4v) is 8.96. The summed E-state index contributed by atoms with van der Waals surface area (Å²) < 4.78 is 4.86. The molecule has 4 aliphatic rings. The number of fused-ring (bicyclic) bond motifs is 5. The minimum Gasteiger partial charge on any atom is -0.469 e. The Labute approximate surface area is 188 Å². The van der Waals surface area contributed by atoms with Gasteiger partial charge < -0.3 is 9.84 Å². The Kier molecular flexibility index (Phi) is 6.17. The van der Waals surface area contributed by atoms with Crippen LogP contribution in [0.1, 0.15) is 78.6 Å². The number of ether oxygens (including phenoxy) is 1. The highest BCUT2D eigenvalue weighted by Crippen LogP contribution is 2.68. The highest BCUT2D eigenvalue weighted by Gasteiger charge is 2.64. The van der Waals surface area contributed by atoms with E-state index in [0.29, 0.717) is 35.9 Å². The molecule has 4 saturated carbocycles. The van der Waals surface area contributed by atoms with Gasteiger partial charge in [-0.05, 0) is 91.8 Å². The topological polar surface area (TPSA) is 63.6 Å². The molecular formula is C27H42O4. The van der Waals surface area contributed by atoms with E-state index < -0.39 is 0 Å². The van der Waals surface area contributed by atoms with Crippen molar-refractivity contribution >= 4 is 11.8 Å². The van der Waals surface area contributed by atoms with Gasteiger partial charge >= 0.3 is 5.97 Å². The molecule has 0 aromatic rings. The maximum absolute atomic E-state index is 13.9. The zero-order valence-electron chi connectivity index (χ0n) is 19.9. The van der Waals surface area contributed by atoms with Crippen LogP contribution in [-0.2, 0) is 14.3 Å². The summed E-state index contributed by atoms with van der Waals surface area (Å²) in [5, 5.41) is 10.4. The van der Waals surface area contributed by atoms with E-state index in [-0.39, 0.29) is 40.7 Å². The van der Waals surface area contributed by atoms with E-state index in [1.165, 1.54) is 13.5 Å². The summed E-state index contributed by atoms with van der Waals surface area (Å²) in [7, 11) is 1.46. The van der Waals surface area contributed by atoms with Gasteiger partial charge in [-0.25, -0.2) is 0 Å². The van der Waals surface area contributed by atoms with Crippen molar-refractivity contribution in [3.8, 4) is 0 Å². The lowest BCUT2D eigenvalue weighted by Crippen LogP contribution is -2.60. The van der Waals surface area contributed by atoms with Crippen LogP contribution >= 0.6 is 0 Å². The number of aliphatic hydroxyl groups is 1. The summed E-state index contributed by atoms with van der Waals surface area (Å²) in [5.41, 5.74) is 0.308. The van der Waals surface area contributed by atoms with E-state index in [1.807, 2.05) is 6.08 Å². The van der Waals surface area contributed by atoms with Crippen molar-refractivity contribution < 1.29 is 19.4 Å². The molecule has 174 valence electrons. The standard InChI is InChI=1S/C27H42O4/c1-6-18-22-15-17(28)11-13-27(22,4)21-12-14-26(3)19(16(2)7-10-23(29)31-5)8-9-20(26)24(21)25(18)30/h6,16-22,24,28H,1,7-15H2,2-5H3/t16-,17-,18?,19-,20+,21+,22+,24+,26-,27-/m1/s1. The van der Waals surface area contributed by atoms with Crippen LogP contribution in [0, 0.1) is 52.3 Å². The van der Waals surface area contributed by atoms with Crippen molar-refractivity contribution in [1.82, 2.24) is 0 Å². The quantitative estimate of drug-likeness (QED) is 0.482.